The summed E-state index contributed by atoms with van der Waals surface area (Å²) in [7, 11) is 0. The van der Waals surface area contributed by atoms with Crippen LogP contribution in [0.3, 0.4) is 0 Å². The molecule has 1 atom stereocenters. The van der Waals surface area contributed by atoms with Gasteiger partial charge >= 0.3 is 5.97 Å². The van der Waals surface area contributed by atoms with Gasteiger partial charge in [0, 0.05) is 26.1 Å². The molecule has 0 amide bonds. The number of Topliss-reactive ketones (excluding diaryl/α,β-unsaturated/α-hetero) is 1. The Morgan fingerprint density at radius 2 is 2.17 bits per heavy atom. The smallest absolute Gasteiger partial charge is 0.306 e. The molecule has 104 valence electrons. The molecule has 0 spiro atoms. The van der Waals surface area contributed by atoms with Crippen molar-refractivity contribution in [2.24, 2.45) is 0 Å². The van der Waals surface area contributed by atoms with E-state index in [1.165, 1.54) is 0 Å². The van der Waals surface area contributed by atoms with E-state index >= 15 is 0 Å². The molecule has 1 heterocycles. The van der Waals surface area contributed by atoms with Gasteiger partial charge in [-0.1, -0.05) is 0 Å². The number of hydrogen-bond donors (Lipinski definition) is 0. The molecule has 0 bridgehead atoms. The van der Waals surface area contributed by atoms with Gasteiger partial charge in [-0.3, -0.25) is 14.5 Å². The second kappa shape index (κ2) is 8.21. The van der Waals surface area contributed by atoms with Crippen molar-refractivity contribution in [1.29, 1.82) is 0 Å². The van der Waals surface area contributed by atoms with E-state index in [0.717, 1.165) is 26.1 Å². The van der Waals surface area contributed by atoms with Crippen LogP contribution in [0.1, 0.15) is 33.1 Å². The van der Waals surface area contributed by atoms with Gasteiger partial charge in [-0.05, 0) is 20.3 Å². The molecule has 0 radical (unpaired) electrons. The van der Waals surface area contributed by atoms with E-state index in [-0.39, 0.29) is 30.7 Å². The Morgan fingerprint density at radius 3 is 2.89 bits per heavy atom. The lowest BCUT2D eigenvalue weighted by Gasteiger charge is -2.20. The normalized spacial score (nSPS) is 21.3. The number of carbonyl (C=O) groups excluding carboxylic acids is 2. The molecular formula is C13H23NO4. The molecule has 1 rings (SSSR count). The Balaban J connectivity index is 2.24. The summed E-state index contributed by atoms with van der Waals surface area (Å²) in [6.07, 6.45) is 1.58. The zero-order valence-electron chi connectivity index (χ0n) is 11.3. The fourth-order valence-electron chi connectivity index (χ4n) is 2.03. The average Bonchev–Trinajstić information content (AvgIpc) is 2.51. The maximum Gasteiger partial charge on any atom is 0.306 e. The molecule has 5 nitrogen and oxygen atoms in total. The van der Waals surface area contributed by atoms with Crippen LogP contribution in [-0.4, -0.2) is 55.6 Å². The summed E-state index contributed by atoms with van der Waals surface area (Å²) >= 11 is 0. The Labute approximate surface area is 108 Å². The molecule has 1 saturated heterocycles. The third kappa shape index (κ3) is 6.12. The number of rotatable bonds is 6. The molecule has 0 saturated carbocycles. The van der Waals surface area contributed by atoms with Crippen molar-refractivity contribution >= 4 is 11.8 Å². The Morgan fingerprint density at radius 1 is 1.39 bits per heavy atom. The molecular weight excluding hydrogens is 234 g/mol. The molecule has 18 heavy (non-hydrogen) atoms. The first-order valence-corrected chi connectivity index (χ1v) is 6.63. The van der Waals surface area contributed by atoms with Crippen molar-refractivity contribution in [3.8, 4) is 0 Å². The predicted octanol–water partition coefficient (Wildman–Crippen LogP) is 1.01. The fourth-order valence-corrected chi connectivity index (χ4v) is 2.03. The molecule has 1 unspecified atom stereocenters. The number of ketones is 1. The number of carbonyl (C=O) groups is 2. The van der Waals surface area contributed by atoms with Crippen LogP contribution >= 0.6 is 0 Å². The van der Waals surface area contributed by atoms with Crippen molar-refractivity contribution in [1.82, 2.24) is 4.90 Å². The SMILES string of the molecule is CCOC(=O)CCC(=O)CN1CCCOC(C)C1. The van der Waals surface area contributed by atoms with Gasteiger partial charge in [0.2, 0.25) is 0 Å². The minimum Gasteiger partial charge on any atom is -0.466 e. The van der Waals surface area contributed by atoms with Gasteiger partial charge in [0.25, 0.3) is 0 Å². The van der Waals surface area contributed by atoms with Crippen molar-refractivity contribution < 1.29 is 19.1 Å². The second-order valence-corrected chi connectivity index (χ2v) is 4.61. The first-order valence-electron chi connectivity index (χ1n) is 6.63. The number of nitrogens with zero attached hydrogens (tertiary/aromatic N) is 1. The van der Waals surface area contributed by atoms with Gasteiger partial charge in [-0.25, -0.2) is 0 Å². The quantitative estimate of drug-likeness (QED) is 0.665. The Kier molecular flexibility index (Phi) is 6.90. The van der Waals surface area contributed by atoms with E-state index in [0.29, 0.717) is 13.2 Å². The highest BCUT2D eigenvalue weighted by Gasteiger charge is 2.17. The number of ether oxygens (including phenoxy) is 2. The summed E-state index contributed by atoms with van der Waals surface area (Å²) in [4.78, 5) is 25.0. The summed E-state index contributed by atoms with van der Waals surface area (Å²) in [5.74, 6) is -0.199. The predicted molar refractivity (Wildman–Crippen MR) is 67.3 cm³/mol. The summed E-state index contributed by atoms with van der Waals surface area (Å²) < 4.78 is 10.3. The molecule has 0 N–H and O–H groups in total. The minimum atomic E-state index is -0.293. The minimum absolute atomic E-state index is 0.0946. The van der Waals surface area contributed by atoms with Crippen molar-refractivity contribution in [3.63, 3.8) is 0 Å². The van der Waals surface area contributed by atoms with Crippen LogP contribution in [-0.2, 0) is 19.1 Å². The van der Waals surface area contributed by atoms with Crippen LogP contribution in [0.4, 0.5) is 0 Å². The first kappa shape index (κ1) is 15.1. The van der Waals surface area contributed by atoms with E-state index in [9.17, 15) is 9.59 Å². The van der Waals surface area contributed by atoms with Crippen molar-refractivity contribution in [3.05, 3.63) is 0 Å². The first-order chi connectivity index (χ1) is 8.61. The van der Waals surface area contributed by atoms with E-state index in [1.54, 1.807) is 6.92 Å². The van der Waals surface area contributed by atoms with Crippen molar-refractivity contribution in [2.75, 3.05) is 32.8 Å². The zero-order valence-corrected chi connectivity index (χ0v) is 11.3. The lowest BCUT2D eigenvalue weighted by Crippen LogP contribution is -2.34. The highest BCUT2D eigenvalue weighted by Crippen LogP contribution is 2.06. The van der Waals surface area contributed by atoms with Gasteiger partial charge in [-0.15, -0.1) is 0 Å². The Bertz CT molecular complexity index is 280. The molecule has 0 aromatic carbocycles. The molecule has 1 aliphatic rings. The van der Waals surface area contributed by atoms with Crippen LogP contribution < -0.4 is 0 Å². The summed E-state index contributed by atoms with van der Waals surface area (Å²) in [6.45, 7) is 6.98. The van der Waals surface area contributed by atoms with Gasteiger partial charge in [0.15, 0.2) is 0 Å². The highest BCUT2D eigenvalue weighted by molar-refractivity contribution is 5.84. The van der Waals surface area contributed by atoms with E-state index in [1.807, 2.05) is 6.92 Å². The second-order valence-electron chi connectivity index (χ2n) is 4.61. The number of esters is 1. The molecule has 5 heteroatoms. The van der Waals surface area contributed by atoms with Gasteiger partial charge in [0.1, 0.15) is 5.78 Å². The van der Waals surface area contributed by atoms with Crippen LogP contribution in [0, 0.1) is 0 Å². The number of hydrogen-bond acceptors (Lipinski definition) is 5. The summed E-state index contributed by atoms with van der Waals surface area (Å²) in [5, 5.41) is 0. The van der Waals surface area contributed by atoms with Crippen LogP contribution in [0.2, 0.25) is 0 Å². The van der Waals surface area contributed by atoms with Crippen molar-refractivity contribution in [2.45, 2.75) is 39.2 Å². The van der Waals surface area contributed by atoms with Gasteiger partial charge in [-0.2, -0.15) is 0 Å². The highest BCUT2D eigenvalue weighted by atomic mass is 16.5. The zero-order chi connectivity index (χ0) is 13.4. The van der Waals surface area contributed by atoms with E-state index in [4.69, 9.17) is 9.47 Å². The maximum absolute atomic E-state index is 11.7. The van der Waals surface area contributed by atoms with Crippen LogP contribution in [0.25, 0.3) is 0 Å². The van der Waals surface area contributed by atoms with E-state index in [2.05, 4.69) is 4.90 Å². The van der Waals surface area contributed by atoms with Gasteiger partial charge in [0.05, 0.1) is 25.7 Å². The standard InChI is InChI=1S/C13H23NO4/c1-3-17-13(16)6-5-12(15)10-14-7-4-8-18-11(2)9-14/h11H,3-10H2,1-2H3. The molecule has 0 aromatic rings. The van der Waals surface area contributed by atoms with Gasteiger partial charge < -0.3 is 9.47 Å². The van der Waals surface area contributed by atoms with E-state index < -0.39 is 0 Å². The third-order valence-corrected chi connectivity index (χ3v) is 2.85. The summed E-state index contributed by atoms with van der Waals surface area (Å²) in [5.41, 5.74) is 0. The third-order valence-electron chi connectivity index (χ3n) is 2.85. The average molecular weight is 257 g/mol. The topological polar surface area (TPSA) is 55.8 Å². The fraction of sp³-hybridized carbons (Fsp3) is 0.846. The monoisotopic (exact) mass is 257 g/mol. The Hall–Kier alpha value is -0.940. The lowest BCUT2D eigenvalue weighted by molar-refractivity contribution is -0.144. The molecule has 1 aliphatic heterocycles. The van der Waals surface area contributed by atoms with Crippen LogP contribution in [0.5, 0.6) is 0 Å². The summed E-state index contributed by atoms with van der Waals surface area (Å²) in [6, 6.07) is 0. The lowest BCUT2D eigenvalue weighted by atomic mass is 10.2. The maximum atomic E-state index is 11.7. The molecule has 0 aromatic heterocycles. The largest absolute Gasteiger partial charge is 0.466 e. The van der Waals surface area contributed by atoms with Crippen LogP contribution in [0.15, 0.2) is 0 Å². The molecule has 1 fully saturated rings. The molecule has 0 aliphatic carbocycles.